The first kappa shape index (κ1) is 36.7. The van der Waals surface area contributed by atoms with Gasteiger partial charge in [0.1, 0.15) is 12.2 Å². The van der Waals surface area contributed by atoms with Gasteiger partial charge in [0.15, 0.2) is 0 Å². The number of carboxylic acid groups (broad SMARTS) is 3. The maximum Gasteiger partial charge on any atom is 2.00 e. The van der Waals surface area contributed by atoms with E-state index in [2.05, 4.69) is 27.3 Å². The molecule has 0 unspecified atom stereocenters. The third kappa shape index (κ3) is 33.2. The Morgan fingerprint density at radius 2 is 1.21 bits per heavy atom. The van der Waals surface area contributed by atoms with Gasteiger partial charge in [0.2, 0.25) is 0 Å². The summed E-state index contributed by atoms with van der Waals surface area (Å²) in [5.74, 6) is 0. The van der Waals surface area contributed by atoms with Crippen LogP contribution in [-0.2, 0) is 51.3 Å². The molecule has 3 N–H and O–H groups in total. The van der Waals surface area contributed by atoms with Crippen molar-refractivity contribution < 1.29 is 81.0 Å². The van der Waals surface area contributed by atoms with E-state index in [9.17, 15) is 19.8 Å². The SMILES string of the molecule is CCC[CH2][Zn][S][Zn][CH2]CCC.CCN(SN(CC)C(=O)[O-])C(=O)[O-].NC(=O)O.[Zn+2]. The molecule has 0 atom stereocenters. The van der Waals surface area contributed by atoms with E-state index in [4.69, 9.17) is 9.90 Å². The standard InChI is InChI=1S/C6H12N2O4S.2C4H9.CH3NO2.S.3Zn/c1-3-7(5(9)10)13-8(4-2)6(11)12;2*1-3-4-2;2-1(3)4;;;;/h3-4H2,1-2H3,(H,9,10)(H,11,12);2*1,3-4H2,2H3;2H2,(H,3,4);;;;/q;;;;;;;+2/p-2. The summed E-state index contributed by atoms with van der Waals surface area (Å²) in [5, 5.41) is 31.2. The predicted molar refractivity (Wildman–Crippen MR) is 102 cm³/mol. The fraction of sp³-hybridized carbons (Fsp3) is 0.800. The fourth-order valence-electron chi connectivity index (χ4n) is 1.57. The maximum absolute atomic E-state index is 10.4. The van der Waals surface area contributed by atoms with Gasteiger partial charge in [-0.1, -0.05) is 0 Å². The molecule has 9 nitrogen and oxygen atoms in total. The average molecular weight is 610 g/mol. The Bertz CT molecular complexity index is 383. The first-order chi connectivity index (χ1) is 13.2. The third-order valence-electron chi connectivity index (χ3n) is 2.96. The summed E-state index contributed by atoms with van der Waals surface area (Å²) >= 11 is 0.525. The van der Waals surface area contributed by atoms with Gasteiger partial charge in [-0.3, -0.25) is 8.61 Å². The number of primary amides is 1. The topological polar surface area (TPSA) is 150 Å². The zero-order valence-electron chi connectivity index (χ0n) is 18.1. The molecule has 0 radical (unpaired) electrons. The molecule has 160 valence electrons. The summed E-state index contributed by atoms with van der Waals surface area (Å²) in [4.78, 5) is 29.5. The number of amides is 3. The van der Waals surface area contributed by atoms with E-state index >= 15 is 0 Å². The second kappa shape index (κ2) is 28.4. The first-order valence-corrected chi connectivity index (χ1v) is 22.7. The Hall–Kier alpha value is 0.380. The van der Waals surface area contributed by atoms with Crippen LogP contribution in [0.25, 0.3) is 0 Å². The maximum atomic E-state index is 10.4. The van der Waals surface area contributed by atoms with E-state index in [1.165, 1.54) is 25.7 Å². The summed E-state index contributed by atoms with van der Waals surface area (Å²) in [7, 11) is 2.51. The molecule has 0 spiro atoms. The number of hydrogen-bond donors (Lipinski definition) is 2. The van der Waals surface area contributed by atoms with Crippen LogP contribution in [0.1, 0.15) is 53.4 Å². The quantitative estimate of drug-likeness (QED) is 0.195. The van der Waals surface area contributed by atoms with Crippen LogP contribution in [-0.4, -0.2) is 45.1 Å². The fourth-order valence-corrected chi connectivity index (χ4v) is 31.7. The Kier molecular flexibility index (Phi) is 36.0. The molecule has 0 aromatic heterocycles. The van der Waals surface area contributed by atoms with Gasteiger partial charge in [-0.2, -0.15) is 0 Å². The van der Waals surface area contributed by atoms with Gasteiger partial charge in [-0.15, -0.1) is 0 Å². The Morgan fingerprint density at radius 1 is 0.897 bits per heavy atom. The van der Waals surface area contributed by atoms with Crippen LogP contribution in [0.3, 0.4) is 0 Å². The van der Waals surface area contributed by atoms with Gasteiger partial charge < -0.3 is 30.6 Å². The second-order valence-corrected chi connectivity index (χ2v) is 31.7. The van der Waals surface area contributed by atoms with Gasteiger partial charge in [-0.05, 0) is 13.8 Å². The number of rotatable bonds is 12. The van der Waals surface area contributed by atoms with Crippen LogP contribution in [0.5, 0.6) is 0 Å². The summed E-state index contributed by atoms with van der Waals surface area (Å²) in [6.45, 7) is 8.07. The predicted octanol–water partition coefficient (Wildman–Crippen LogP) is 2.65. The zero-order chi connectivity index (χ0) is 22.4. The number of unbranched alkanes of at least 4 members (excludes halogenated alkanes) is 2. The smallest absolute Gasteiger partial charge is 0.529 e. The number of carbonyl (C=O) groups is 3. The van der Waals surface area contributed by atoms with E-state index in [1.54, 1.807) is 23.9 Å². The van der Waals surface area contributed by atoms with Gasteiger partial charge in [0.05, 0.1) is 12.1 Å². The van der Waals surface area contributed by atoms with Crippen LogP contribution in [0.2, 0.25) is 10.0 Å². The van der Waals surface area contributed by atoms with Gasteiger partial charge >= 0.3 is 115 Å². The number of hydrogen-bond acceptors (Lipinski definition) is 7. The normalized spacial score (nSPS) is 8.41. The molecule has 0 fully saturated rings. The largest absolute Gasteiger partial charge is 2.00 e. The van der Waals surface area contributed by atoms with E-state index in [-0.39, 0.29) is 64.4 Å². The van der Waals surface area contributed by atoms with Gasteiger partial charge in [0.25, 0.3) is 0 Å². The summed E-state index contributed by atoms with van der Waals surface area (Å²) < 4.78 is 1.58. The van der Waals surface area contributed by atoms with E-state index in [1.807, 2.05) is 0 Å². The van der Waals surface area contributed by atoms with Crippen LogP contribution in [0.4, 0.5) is 14.4 Å². The Balaban J connectivity index is -0.000000178. The molecule has 0 aliphatic heterocycles. The monoisotopic (exact) mass is 605 g/mol. The van der Waals surface area contributed by atoms with Crippen LogP contribution in [0.15, 0.2) is 0 Å². The third-order valence-corrected chi connectivity index (χ3v) is 33.6. The molecule has 0 rings (SSSR count). The van der Waals surface area contributed by atoms with Crippen molar-refractivity contribution in [3.05, 3.63) is 0 Å². The molecule has 0 aromatic carbocycles. The van der Waals surface area contributed by atoms with Crippen LogP contribution < -0.4 is 15.9 Å². The second-order valence-electron chi connectivity index (χ2n) is 5.37. The van der Waals surface area contributed by atoms with E-state index in [0.29, 0.717) is 12.1 Å². The molecule has 14 heteroatoms. The molecule has 3 amide bonds. The Morgan fingerprint density at radius 3 is 1.41 bits per heavy atom. The van der Waals surface area contributed by atoms with Crippen molar-refractivity contribution in [3.8, 4) is 0 Å². The van der Waals surface area contributed by atoms with Crippen LogP contribution in [0, 0.1) is 0 Å². The van der Waals surface area contributed by atoms with Crippen molar-refractivity contribution in [3.63, 3.8) is 0 Å². The molecule has 0 aliphatic rings. The van der Waals surface area contributed by atoms with Crippen molar-refractivity contribution in [2.75, 3.05) is 13.1 Å². The van der Waals surface area contributed by atoms with E-state index < -0.39 is 18.3 Å². The molecule has 0 aromatic rings. The molecule has 0 heterocycles. The van der Waals surface area contributed by atoms with Crippen molar-refractivity contribution in [2.45, 2.75) is 63.4 Å². The van der Waals surface area contributed by atoms with Crippen molar-refractivity contribution in [2.24, 2.45) is 5.73 Å². The van der Waals surface area contributed by atoms with Crippen molar-refractivity contribution in [1.29, 1.82) is 0 Å². The minimum Gasteiger partial charge on any atom is -0.529 e. The average Bonchev–Trinajstić information content (AvgIpc) is 2.61. The number of carbonyl (C=O) groups excluding carboxylic acids is 2. The summed E-state index contributed by atoms with van der Waals surface area (Å²) in [5.41, 5.74) is 4.03. The minimum atomic E-state index is -1.42. The number of nitrogens with two attached hydrogens (primary N) is 1. The number of nitrogens with zero attached hydrogens (tertiary/aromatic N) is 2. The van der Waals surface area contributed by atoms with Crippen molar-refractivity contribution in [1.82, 2.24) is 8.61 Å². The Labute approximate surface area is 208 Å². The van der Waals surface area contributed by atoms with Gasteiger partial charge in [0, 0.05) is 13.1 Å². The minimum absolute atomic E-state index is 0. The zero-order valence-corrected chi connectivity index (χ0v) is 28.6. The molecule has 0 aliphatic carbocycles. The van der Waals surface area contributed by atoms with E-state index in [0.717, 1.165) is 8.61 Å². The van der Waals surface area contributed by atoms with Gasteiger partial charge in [-0.25, -0.2) is 4.79 Å². The molecular formula is C15H31N3O6S2Zn3. The molecule has 0 saturated heterocycles. The molecular weight excluding hydrogens is 578 g/mol. The summed E-state index contributed by atoms with van der Waals surface area (Å²) in [6.07, 6.45) is 1.73. The molecule has 0 bridgehead atoms. The molecule has 29 heavy (non-hydrogen) atoms. The van der Waals surface area contributed by atoms with Crippen LogP contribution >= 0.6 is 19.9 Å². The molecule has 0 saturated carbocycles. The van der Waals surface area contributed by atoms with Crippen molar-refractivity contribution >= 4 is 38.2 Å². The first-order valence-electron chi connectivity index (χ1n) is 9.38. The summed E-state index contributed by atoms with van der Waals surface area (Å²) in [6, 6.07) is 0.